The molecule has 0 radical (unpaired) electrons. The maximum Gasteiger partial charge on any atom is 0.232 e. The van der Waals surface area contributed by atoms with Crippen LogP contribution in [0.4, 0.5) is 0 Å². The van der Waals surface area contributed by atoms with Gasteiger partial charge >= 0.3 is 0 Å². The molecular weight excluding hydrogens is 284 g/mol. The largest absolute Gasteiger partial charge is 0.345 e. The van der Waals surface area contributed by atoms with Crippen molar-refractivity contribution in [3.63, 3.8) is 0 Å². The third kappa shape index (κ3) is 3.58. The van der Waals surface area contributed by atoms with Gasteiger partial charge in [0, 0.05) is 24.7 Å². The number of hydrogen-bond acceptors (Lipinski definition) is 2. The molecule has 21 heavy (non-hydrogen) atoms. The lowest BCUT2D eigenvalue weighted by molar-refractivity contribution is -0.132. The van der Waals surface area contributed by atoms with Crippen LogP contribution in [0, 0.1) is 5.92 Å². The van der Waals surface area contributed by atoms with E-state index in [1.165, 1.54) is 0 Å². The van der Waals surface area contributed by atoms with Crippen molar-refractivity contribution < 1.29 is 4.79 Å². The topological polar surface area (TPSA) is 46.3 Å². The standard InChI is InChI=1S/C17H25ClN2O/c1-12(2)15(19)8-11-20(3)16(21)17(9-10-17)13-4-6-14(18)7-5-13/h4-7,12,15H,8-11,19H2,1-3H3. The zero-order valence-corrected chi connectivity index (χ0v) is 13.9. The highest BCUT2D eigenvalue weighted by Gasteiger charge is 2.52. The first-order valence-corrected chi connectivity index (χ1v) is 8.02. The lowest BCUT2D eigenvalue weighted by atomic mass is 9.94. The summed E-state index contributed by atoms with van der Waals surface area (Å²) in [6.07, 6.45) is 2.69. The van der Waals surface area contributed by atoms with E-state index < -0.39 is 0 Å². The van der Waals surface area contributed by atoms with Gasteiger partial charge in [0.2, 0.25) is 5.91 Å². The van der Waals surface area contributed by atoms with Crippen molar-refractivity contribution in [3.8, 4) is 0 Å². The molecule has 3 nitrogen and oxygen atoms in total. The summed E-state index contributed by atoms with van der Waals surface area (Å²) in [5.41, 5.74) is 6.83. The average molecular weight is 309 g/mol. The van der Waals surface area contributed by atoms with Gasteiger partial charge in [-0.2, -0.15) is 0 Å². The Kier molecular flexibility index (Phi) is 4.95. The minimum Gasteiger partial charge on any atom is -0.345 e. The molecule has 116 valence electrons. The summed E-state index contributed by atoms with van der Waals surface area (Å²) in [6, 6.07) is 7.81. The summed E-state index contributed by atoms with van der Waals surface area (Å²) in [7, 11) is 1.88. The van der Waals surface area contributed by atoms with E-state index in [4.69, 9.17) is 17.3 Å². The number of nitrogens with two attached hydrogens (primary N) is 1. The van der Waals surface area contributed by atoms with Crippen LogP contribution in [-0.4, -0.2) is 30.4 Å². The highest BCUT2D eigenvalue weighted by Crippen LogP contribution is 2.49. The summed E-state index contributed by atoms with van der Waals surface area (Å²) in [5, 5.41) is 0.707. The molecule has 2 rings (SSSR count). The van der Waals surface area contributed by atoms with Crippen LogP contribution in [0.1, 0.15) is 38.7 Å². The molecule has 0 heterocycles. The summed E-state index contributed by atoms with van der Waals surface area (Å²) in [4.78, 5) is 14.6. The Balaban J connectivity index is 2.00. The Hall–Kier alpha value is -1.06. The van der Waals surface area contributed by atoms with Crippen LogP contribution in [-0.2, 0) is 10.2 Å². The predicted molar refractivity (Wildman–Crippen MR) is 87.4 cm³/mol. The summed E-state index contributed by atoms with van der Waals surface area (Å²) in [5.74, 6) is 0.653. The molecule has 1 fully saturated rings. The van der Waals surface area contributed by atoms with Crippen LogP contribution in [0.3, 0.4) is 0 Å². The zero-order valence-electron chi connectivity index (χ0n) is 13.1. The van der Waals surface area contributed by atoms with Gasteiger partial charge in [0.15, 0.2) is 0 Å². The molecule has 1 aliphatic carbocycles. The molecule has 1 amide bonds. The molecule has 0 aliphatic heterocycles. The Morgan fingerprint density at radius 3 is 2.38 bits per heavy atom. The van der Waals surface area contributed by atoms with Crippen molar-refractivity contribution in [2.24, 2.45) is 11.7 Å². The van der Waals surface area contributed by atoms with Gasteiger partial charge in [-0.1, -0.05) is 37.6 Å². The van der Waals surface area contributed by atoms with E-state index in [2.05, 4.69) is 13.8 Å². The van der Waals surface area contributed by atoms with Crippen molar-refractivity contribution in [2.45, 2.75) is 44.6 Å². The van der Waals surface area contributed by atoms with Gasteiger partial charge in [0.25, 0.3) is 0 Å². The summed E-state index contributed by atoms with van der Waals surface area (Å²) >= 11 is 5.93. The van der Waals surface area contributed by atoms with Gasteiger partial charge in [-0.15, -0.1) is 0 Å². The smallest absolute Gasteiger partial charge is 0.232 e. The van der Waals surface area contributed by atoms with Gasteiger partial charge in [-0.05, 0) is 42.9 Å². The number of hydrogen-bond donors (Lipinski definition) is 1. The predicted octanol–water partition coefficient (Wildman–Crippen LogP) is 3.20. The number of carbonyl (C=O) groups is 1. The number of likely N-dealkylation sites (N-methyl/N-ethyl adjacent to an activating group) is 1. The Morgan fingerprint density at radius 2 is 1.90 bits per heavy atom. The molecule has 1 atom stereocenters. The Labute approximate surface area is 132 Å². The molecule has 1 saturated carbocycles. The lowest BCUT2D eigenvalue weighted by Crippen LogP contribution is -2.39. The van der Waals surface area contributed by atoms with E-state index in [-0.39, 0.29) is 17.4 Å². The van der Waals surface area contributed by atoms with Gasteiger partial charge in [-0.3, -0.25) is 4.79 Å². The molecule has 2 N–H and O–H groups in total. The van der Waals surface area contributed by atoms with Crippen molar-refractivity contribution in [1.29, 1.82) is 0 Å². The minimum atomic E-state index is -0.318. The highest BCUT2D eigenvalue weighted by atomic mass is 35.5. The van der Waals surface area contributed by atoms with Gasteiger partial charge < -0.3 is 10.6 Å². The van der Waals surface area contributed by atoms with E-state index in [0.29, 0.717) is 17.5 Å². The third-order valence-corrected chi connectivity index (χ3v) is 4.81. The molecule has 0 saturated heterocycles. The minimum absolute atomic E-state index is 0.144. The number of amides is 1. The second kappa shape index (κ2) is 6.37. The van der Waals surface area contributed by atoms with Crippen LogP contribution < -0.4 is 5.73 Å². The van der Waals surface area contributed by atoms with E-state index in [1.54, 1.807) is 0 Å². The van der Waals surface area contributed by atoms with Crippen molar-refractivity contribution in [2.75, 3.05) is 13.6 Å². The molecule has 1 aliphatic rings. The monoisotopic (exact) mass is 308 g/mol. The molecular formula is C17H25ClN2O. The van der Waals surface area contributed by atoms with Gasteiger partial charge in [0.05, 0.1) is 5.41 Å². The second-order valence-corrected chi connectivity index (χ2v) is 6.95. The first kappa shape index (κ1) is 16.3. The second-order valence-electron chi connectivity index (χ2n) is 6.51. The number of carbonyl (C=O) groups excluding carboxylic acids is 1. The maximum atomic E-state index is 12.7. The van der Waals surface area contributed by atoms with Crippen LogP contribution >= 0.6 is 11.6 Å². The van der Waals surface area contributed by atoms with E-state index in [9.17, 15) is 4.79 Å². The lowest BCUT2D eigenvalue weighted by Gasteiger charge is -2.26. The van der Waals surface area contributed by atoms with Gasteiger partial charge in [-0.25, -0.2) is 0 Å². The first-order chi connectivity index (χ1) is 9.86. The van der Waals surface area contributed by atoms with Crippen LogP contribution in [0.25, 0.3) is 0 Å². The Morgan fingerprint density at radius 1 is 1.33 bits per heavy atom. The fourth-order valence-corrected chi connectivity index (χ4v) is 2.79. The number of halogens is 1. The number of benzene rings is 1. The fraction of sp³-hybridized carbons (Fsp3) is 0.588. The SMILES string of the molecule is CC(C)C(N)CCN(C)C(=O)C1(c2ccc(Cl)cc2)CC1. The van der Waals surface area contributed by atoms with E-state index >= 15 is 0 Å². The molecule has 1 aromatic rings. The summed E-state index contributed by atoms with van der Waals surface area (Å²) in [6.45, 7) is 4.94. The number of nitrogens with zero attached hydrogens (tertiary/aromatic N) is 1. The molecule has 0 spiro atoms. The van der Waals surface area contributed by atoms with Crippen LogP contribution in [0.5, 0.6) is 0 Å². The van der Waals surface area contributed by atoms with E-state index in [0.717, 1.165) is 24.8 Å². The highest BCUT2D eigenvalue weighted by molar-refractivity contribution is 6.30. The molecule has 0 aromatic heterocycles. The maximum absolute atomic E-state index is 12.7. The first-order valence-electron chi connectivity index (χ1n) is 7.64. The fourth-order valence-electron chi connectivity index (χ4n) is 2.66. The zero-order chi connectivity index (χ0) is 15.6. The van der Waals surface area contributed by atoms with Crippen molar-refractivity contribution >= 4 is 17.5 Å². The van der Waals surface area contributed by atoms with Gasteiger partial charge in [0.1, 0.15) is 0 Å². The normalized spacial score (nSPS) is 17.6. The summed E-state index contributed by atoms with van der Waals surface area (Å²) < 4.78 is 0. The molecule has 4 heteroatoms. The third-order valence-electron chi connectivity index (χ3n) is 4.56. The van der Waals surface area contributed by atoms with E-state index in [1.807, 2.05) is 36.2 Å². The van der Waals surface area contributed by atoms with Crippen LogP contribution in [0.2, 0.25) is 5.02 Å². The number of rotatable bonds is 6. The van der Waals surface area contributed by atoms with Crippen molar-refractivity contribution in [1.82, 2.24) is 4.90 Å². The molecule has 1 aromatic carbocycles. The quantitative estimate of drug-likeness (QED) is 0.877. The molecule has 1 unspecified atom stereocenters. The van der Waals surface area contributed by atoms with Crippen molar-refractivity contribution in [3.05, 3.63) is 34.9 Å². The Bertz CT molecular complexity index is 494. The van der Waals surface area contributed by atoms with Crippen LogP contribution in [0.15, 0.2) is 24.3 Å². The molecule has 0 bridgehead atoms. The average Bonchev–Trinajstić information content (AvgIpc) is 3.25.